The quantitative estimate of drug-likeness (QED) is 0.200. The highest BCUT2D eigenvalue weighted by Crippen LogP contribution is 2.75. The van der Waals surface area contributed by atoms with Crippen molar-refractivity contribution in [2.75, 3.05) is 6.61 Å². The molecule has 4 fully saturated rings. The van der Waals surface area contributed by atoms with Gasteiger partial charge in [-0.1, -0.05) is 66.2 Å². The van der Waals surface area contributed by atoms with Gasteiger partial charge >= 0.3 is 5.97 Å². The van der Waals surface area contributed by atoms with Crippen LogP contribution in [0.25, 0.3) is 0 Å². The van der Waals surface area contributed by atoms with E-state index >= 15 is 0 Å². The predicted octanol–water partition coefficient (Wildman–Crippen LogP) is 5.57. The number of esters is 1. The number of hydrogen-bond donors (Lipinski definition) is 4. The second kappa shape index (κ2) is 9.64. The van der Waals surface area contributed by atoms with Crippen molar-refractivity contribution in [3.63, 3.8) is 0 Å². The summed E-state index contributed by atoms with van der Waals surface area (Å²) >= 11 is 0. The summed E-state index contributed by atoms with van der Waals surface area (Å²) < 4.78 is 6.06. The molecule has 6 nitrogen and oxygen atoms in total. The number of hydrogen-bond acceptors (Lipinski definition) is 6. The van der Waals surface area contributed by atoms with Crippen LogP contribution in [-0.4, -0.2) is 57.4 Å². The van der Waals surface area contributed by atoms with Crippen LogP contribution in [0, 0.1) is 50.2 Å². The van der Waals surface area contributed by atoms with Gasteiger partial charge in [0, 0.05) is 5.57 Å². The van der Waals surface area contributed by atoms with E-state index in [0.29, 0.717) is 30.3 Å². The summed E-state index contributed by atoms with van der Waals surface area (Å²) in [6.07, 6.45) is 6.74. The van der Waals surface area contributed by atoms with E-state index in [4.69, 9.17) is 4.74 Å². The fraction of sp³-hybridized carbons (Fsp3) is 0.857. The normalized spacial score (nSPS) is 50.4. The van der Waals surface area contributed by atoms with Crippen LogP contribution in [0.4, 0.5) is 0 Å². The molecule has 41 heavy (non-hydrogen) atoms. The maximum Gasteiger partial charge on any atom is 0.333 e. The monoisotopic (exact) mass is 572 g/mol. The molecule has 232 valence electrons. The number of carbonyl (C=O) groups is 1. The van der Waals surface area contributed by atoms with Crippen molar-refractivity contribution < 1.29 is 30.0 Å². The zero-order valence-corrected chi connectivity index (χ0v) is 27.0. The van der Waals surface area contributed by atoms with Crippen LogP contribution in [-0.2, 0) is 9.53 Å². The standard InChI is InChI=1S/C35H56O6/c1-10-20(2)29(40)41-28-27(39)30(3,4)17-22-21-11-12-24-32(7)15-14-25(37)31(5,6)23(32)13-16-33(24,8)34(21,9)18-26(38)35(22,28)19-36/h10-11,22-28,36-39H,12-19H2,1-9H3/b20-10-/t22-,23-,24+,25?,26?,27?,28?,32-,33+,34+,35-/m0/s1. The lowest BCUT2D eigenvalue weighted by atomic mass is 9.33. The number of carbonyl (C=O) groups excluding carboxylic acids is 1. The average molecular weight is 573 g/mol. The number of fused-ring (bicyclic) bond motifs is 7. The van der Waals surface area contributed by atoms with E-state index in [-0.39, 0.29) is 40.3 Å². The van der Waals surface area contributed by atoms with Gasteiger partial charge in [0.05, 0.1) is 30.3 Å². The van der Waals surface area contributed by atoms with E-state index in [1.54, 1.807) is 19.9 Å². The van der Waals surface area contributed by atoms with Gasteiger partial charge in [0.2, 0.25) is 0 Å². The highest BCUT2D eigenvalue weighted by Gasteiger charge is 2.72. The van der Waals surface area contributed by atoms with Crippen LogP contribution in [0.1, 0.15) is 107 Å². The molecule has 0 radical (unpaired) electrons. The Labute approximate surface area is 247 Å². The molecule has 0 aromatic rings. The lowest BCUT2D eigenvalue weighted by Crippen LogP contribution is -2.72. The summed E-state index contributed by atoms with van der Waals surface area (Å²) in [4.78, 5) is 13.1. The molecule has 0 saturated heterocycles. The van der Waals surface area contributed by atoms with Crippen molar-refractivity contribution in [3.05, 3.63) is 23.3 Å². The largest absolute Gasteiger partial charge is 0.455 e. The molecule has 0 amide bonds. The molecule has 0 aromatic carbocycles. The average Bonchev–Trinajstić information content (AvgIpc) is 2.89. The fourth-order valence-corrected chi connectivity index (χ4v) is 11.4. The Morgan fingerprint density at radius 3 is 2.24 bits per heavy atom. The molecule has 6 heteroatoms. The van der Waals surface area contributed by atoms with Crippen LogP contribution in [0.15, 0.2) is 23.3 Å². The predicted molar refractivity (Wildman–Crippen MR) is 160 cm³/mol. The van der Waals surface area contributed by atoms with Gasteiger partial charge < -0.3 is 25.2 Å². The smallest absolute Gasteiger partial charge is 0.333 e. The summed E-state index contributed by atoms with van der Waals surface area (Å²) in [6, 6.07) is 0. The minimum Gasteiger partial charge on any atom is -0.455 e. The van der Waals surface area contributed by atoms with Gasteiger partial charge in [-0.3, -0.25) is 0 Å². The van der Waals surface area contributed by atoms with Crippen molar-refractivity contribution in [2.24, 2.45) is 50.2 Å². The van der Waals surface area contributed by atoms with E-state index in [1.807, 2.05) is 13.8 Å². The lowest BCUT2D eigenvalue weighted by Gasteiger charge is -2.72. The van der Waals surface area contributed by atoms with Gasteiger partial charge in [-0.2, -0.15) is 0 Å². The van der Waals surface area contributed by atoms with Gasteiger partial charge in [0.1, 0.15) is 6.10 Å². The first kappa shape index (κ1) is 31.2. The fourth-order valence-electron chi connectivity index (χ4n) is 11.4. The van der Waals surface area contributed by atoms with Gasteiger partial charge in [-0.25, -0.2) is 4.79 Å². The minimum atomic E-state index is -1.18. The van der Waals surface area contributed by atoms with Crippen molar-refractivity contribution in [3.8, 4) is 0 Å². The molecular weight excluding hydrogens is 516 g/mol. The van der Waals surface area contributed by atoms with Gasteiger partial charge in [0.25, 0.3) is 0 Å². The second-order valence-electron chi connectivity index (χ2n) is 16.6. The first-order chi connectivity index (χ1) is 18.9. The third kappa shape index (κ3) is 3.92. The number of aliphatic hydroxyl groups is 4. The van der Waals surface area contributed by atoms with E-state index in [1.165, 1.54) is 5.57 Å². The Morgan fingerprint density at radius 2 is 1.63 bits per heavy atom. The van der Waals surface area contributed by atoms with Gasteiger partial charge in [0.15, 0.2) is 0 Å². The molecule has 0 bridgehead atoms. The maximum absolute atomic E-state index is 13.1. The molecule has 11 atom stereocenters. The van der Waals surface area contributed by atoms with Gasteiger partial charge in [-0.15, -0.1) is 0 Å². The molecular formula is C35H56O6. The Kier molecular flexibility index (Phi) is 7.34. The van der Waals surface area contributed by atoms with E-state index in [9.17, 15) is 25.2 Å². The highest BCUT2D eigenvalue weighted by atomic mass is 16.6. The highest BCUT2D eigenvalue weighted by molar-refractivity contribution is 5.87. The maximum atomic E-state index is 13.1. The summed E-state index contributed by atoms with van der Waals surface area (Å²) in [6.45, 7) is 18.9. The van der Waals surface area contributed by atoms with Crippen molar-refractivity contribution >= 4 is 5.97 Å². The molecule has 0 aliphatic heterocycles. The molecule has 5 aliphatic carbocycles. The third-order valence-electron chi connectivity index (χ3n) is 14.4. The minimum absolute atomic E-state index is 0.0722. The summed E-state index contributed by atoms with van der Waals surface area (Å²) in [5.41, 5.74) is -0.470. The molecule has 4 saturated carbocycles. The Morgan fingerprint density at radius 1 is 0.976 bits per heavy atom. The van der Waals surface area contributed by atoms with E-state index < -0.39 is 35.1 Å². The van der Waals surface area contributed by atoms with Crippen molar-refractivity contribution in [1.29, 1.82) is 0 Å². The second-order valence-corrected chi connectivity index (χ2v) is 16.6. The number of rotatable bonds is 3. The molecule has 4 unspecified atom stereocenters. The number of allylic oxidation sites excluding steroid dienone is 3. The topological polar surface area (TPSA) is 107 Å². The molecule has 5 aliphatic rings. The van der Waals surface area contributed by atoms with Crippen LogP contribution in [0.2, 0.25) is 0 Å². The number of ether oxygens (including phenoxy) is 1. The molecule has 0 spiro atoms. The Balaban J connectivity index is 1.63. The zero-order valence-electron chi connectivity index (χ0n) is 27.0. The first-order valence-corrected chi connectivity index (χ1v) is 16.1. The van der Waals surface area contributed by atoms with Crippen molar-refractivity contribution in [2.45, 2.75) is 132 Å². The summed E-state index contributed by atoms with van der Waals surface area (Å²) in [5.74, 6) is 0.106. The molecule has 0 aromatic heterocycles. The summed E-state index contributed by atoms with van der Waals surface area (Å²) in [7, 11) is 0. The van der Waals surface area contributed by atoms with Crippen molar-refractivity contribution in [1.82, 2.24) is 0 Å². The van der Waals surface area contributed by atoms with Crippen LogP contribution in [0.3, 0.4) is 0 Å². The third-order valence-corrected chi connectivity index (χ3v) is 14.4. The molecule has 4 N–H and O–H groups in total. The zero-order chi connectivity index (χ0) is 30.6. The van der Waals surface area contributed by atoms with Crippen LogP contribution < -0.4 is 0 Å². The van der Waals surface area contributed by atoms with Crippen LogP contribution >= 0.6 is 0 Å². The first-order valence-electron chi connectivity index (χ1n) is 16.1. The Bertz CT molecular complexity index is 1140. The number of aliphatic hydroxyl groups excluding tert-OH is 4. The SMILES string of the molecule is C/C=C(/C)C(=O)OC1C(O)C(C)(C)C[C@H]2C3=CC[C@@H]4[C@@]5(C)CCC(O)C(C)(C)[C@@H]5CC[C@@]4(C)[C@]3(C)CC(O)[C@@]12CO. The van der Waals surface area contributed by atoms with Gasteiger partial charge in [-0.05, 0) is 104 Å². The van der Waals surface area contributed by atoms with Crippen LogP contribution in [0.5, 0.6) is 0 Å². The van der Waals surface area contributed by atoms with E-state index in [0.717, 1.165) is 32.1 Å². The van der Waals surface area contributed by atoms with E-state index in [2.05, 4.69) is 40.7 Å². The molecule has 0 heterocycles. The summed E-state index contributed by atoms with van der Waals surface area (Å²) in [5, 5.41) is 46.0. The molecule has 5 rings (SSSR count). The Hall–Kier alpha value is -1.21. The lowest BCUT2D eigenvalue weighted by molar-refractivity contribution is -0.262.